The molecule has 0 saturated heterocycles. The van der Waals surface area contributed by atoms with Crippen molar-refractivity contribution in [1.82, 2.24) is 20.6 Å². The molecule has 1 atom stereocenters. The average Bonchev–Trinajstić information content (AvgIpc) is 3.12. The Bertz CT molecular complexity index is 905. The molecule has 0 aliphatic carbocycles. The summed E-state index contributed by atoms with van der Waals surface area (Å²) in [6.45, 7) is 3.80. The van der Waals surface area contributed by atoms with Gasteiger partial charge in [0.25, 0.3) is 0 Å². The van der Waals surface area contributed by atoms with E-state index < -0.39 is 17.4 Å². The lowest BCUT2D eigenvalue weighted by atomic mass is 9.96. The summed E-state index contributed by atoms with van der Waals surface area (Å²) in [4.78, 5) is 8.59. The highest BCUT2D eigenvalue weighted by Gasteiger charge is 2.50. The van der Waals surface area contributed by atoms with Crippen LogP contribution in [0.3, 0.4) is 0 Å². The number of alkyl halides is 3. The van der Waals surface area contributed by atoms with Gasteiger partial charge in [-0.3, -0.25) is 10.7 Å². The van der Waals surface area contributed by atoms with Crippen LogP contribution in [0.4, 0.5) is 13.2 Å². The van der Waals surface area contributed by atoms with Crippen LogP contribution in [0.25, 0.3) is 11.4 Å². The summed E-state index contributed by atoms with van der Waals surface area (Å²) in [5.74, 6) is 0.602. The molecule has 2 aromatic rings. The van der Waals surface area contributed by atoms with Gasteiger partial charge in [-0.1, -0.05) is 0 Å². The molecule has 6 nitrogen and oxygen atoms in total. The number of nitrogens with zero attached hydrogens (tertiary/aromatic N) is 2. The molecular formula is C18H20F3N5OS. The molecule has 0 amide bonds. The number of hydrogen-bond donors (Lipinski definition) is 3. The van der Waals surface area contributed by atoms with Crippen LogP contribution in [0.2, 0.25) is 0 Å². The molecule has 1 aliphatic rings. The third kappa shape index (κ3) is 3.97. The van der Waals surface area contributed by atoms with E-state index in [4.69, 9.17) is 10.5 Å². The molecule has 4 N–H and O–H groups in total. The van der Waals surface area contributed by atoms with Gasteiger partial charge in [0.05, 0.1) is 29.3 Å². The number of allylic oxidation sites excluding steroid dienone is 1. The van der Waals surface area contributed by atoms with Crippen LogP contribution in [-0.4, -0.2) is 29.3 Å². The molecule has 3 rings (SSSR count). The Morgan fingerprint density at radius 1 is 1.29 bits per heavy atom. The van der Waals surface area contributed by atoms with Crippen molar-refractivity contribution in [2.45, 2.75) is 31.8 Å². The molecule has 3 heterocycles. The third-order valence-electron chi connectivity index (χ3n) is 3.99. The van der Waals surface area contributed by atoms with Crippen molar-refractivity contribution in [3.63, 3.8) is 0 Å². The Morgan fingerprint density at radius 2 is 2.04 bits per heavy atom. The quantitative estimate of drug-likeness (QED) is 0.700. The monoisotopic (exact) mass is 411 g/mol. The minimum absolute atomic E-state index is 0.0103. The fourth-order valence-electron chi connectivity index (χ4n) is 2.65. The second-order valence-electron chi connectivity index (χ2n) is 6.44. The number of nitrogens with one attached hydrogen (secondary N) is 2. The first-order valence-electron chi connectivity index (χ1n) is 8.46. The molecule has 2 aromatic heterocycles. The second kappa shape index (κ2) is 7.44. The summed E-state index contributed by atoms with van der Waals surface area (Å²) in [6.07, 6.45) is -0.691. The maximum absolute atomic E-state index is 13.6. The van der Waals surface area contributed by atoms with E-state index in [1.54, 1.807) is 23.7 Å². The van der Waals surface area contributed by atoms with Gasteiger partial charge in [0.2, 0.25) is 0 Å². The van der Waals surface area contributed by atoms with E-state index >= 15 is 0 Å². The standard InChI is InChI=1S/C18H20F3N5OS/c1-10(2)27-12-4-5-13(24-8-12)14-9-28-16(26-14)17(22)15(18(19,20)21)6-11(23-3)7-25-17/h4-10,23,25H,22H2,1-3H3. The van der Waals surface area contributed by atoms with E-state index in [0.717, 1.165) is 17.4 Å². The number of pyridine rings is 1. The zero-order valence-corrected chi connectivity index (χ0v) is 16.3. The molecule has 0 saturated carbocycles. The second-order valence-corrected chi connectivity index (χ2v) is 7.30. The van der Waals surface area contributed by atoms with Crippen LogP contribution in [0.15, 0.2) is 47.3 Å². The Labute approximate surface area is 164 Å². The molecule has 0 aromatic carbocycles. The number of thiazole rings is 1. The summed E-state index contributed by atoms with van der Waals surface area (Å²) in [5.41, 5.74) is 4.44. The topological polar surface area (TPSA) is 85.1 Å². The minimum Gasteiger partial charge on any atom is -0.489 e. The van der Waals surface area contributed by atoms with Gasteiger partial charge in [0.15, 0.2) is 5.66 Å². The van der Waals surface area contributed by atoms with Crippen molar-refractivity contribution in [3.05, 3.63) is 52.3 Å². The van der Waals surface area contributed by atoms with Gasteiger partial charge in [0.1, 0.15) is 16.5 Å². The molecule has 28 heavy (non-hydrogen) atoms. The highest BCUT2D eigenvalue weighted by Crippen LogP contribution is 2.41. The maximum Gasteiger partial charge on any atom is 0.416 e. The third-order valence-corrected chi connectivity index (χ3v) is 4.96. The number of dihydropyridines is 1. The molecule has 0 radical (unpaired) electrons. The van der Waals surface area contributed by atoms with Crippen LogP contribution in [0.1, 0.15) is 18.9 Å². The van der Waals surface area contributed by atoms with Gasteiger partial charge in [-0.2, -0.15) is 13.2 Å². The Morgan fingerprint density at radius 3 is 2.61 bits per heavy atom. The van der Waals surface area contributed by atoms with Crippen LogP contribution in [0, 0.1) is 0 Å². The van der Waals surface area contributed by atoms with Gasteiger partial charge in [-0.05, 0) is 32.1 Å². The summed E-state index contributed by atoms with van der Waals surface area (Å²) in [6, 6.07) is 3.44. The Hall–Kier alpha value is -2.59. The van der Waals surface area contributed by atoms with Gasteiger partial charge >= 0.3 is 6.18 Å². The maximum atomic E-state index is 13.6. The summed E-state index contributed by atoms with van der Waals surface area (Å²) in [7, 11) is 1.53. The van der Waals surface area contributed by atoms with E-state index in [9.17, 15) is 13.2 Å². The van der Waals surface area contributed by atoms with Gasteiger partial charge < -0.3 is 15.4 Å². The van der Waals surface area contributed by atoms with Crippen molar-refractivity contribution in [2.24, 2.45) is 5.73 Å². The first-order chi connectivity index (χ1) is 13.1. The highest BCUT2D eigenvalue weighted by atomic mass is 32.1. The molecule has 0 spiro atoms. The molecule has 1 unspecified atom stereocenters. The number of nitrogens with two attached hydrogens (primary N) is 1. The smallest absolute Gasteiger partial charge is 0.416 e. The first kappa shape index (κ1) is 20.2. The zero-order chi connectivity index (χ0) is 20.5. The molecular weight excluding hydrogens is 391 g/mol. The Kier molecular flexibility index (Phi) is 5.35. The van der Waals surface area contributed by atoms with Crippen LogP contribution < -0.4 is 21.1 Å². The highest BCUT2D eigenvalue weighted by molar-refractivity contribution is 7.10. The number of aromatic nitrogens is 2. The predicted octanol–water partition coefficient (Wildman–Crippen LogP) is 3.26. The van der Waals surface area contributed by atoms with Crippen molar-refractivity contribution in [2.75, 3.05) is 7.05 Å². The van der Waals surface area contributed by atoms with Gasteiger partial charge in [0, 0.05) is 18.6 Å². The molecule has 150 valence electrons. The van der Waals surface area contributed by atoms with Crippen molar-refractivity contribution in [1.29, 1.82) is 0 Å². The lowest BCUT2D eigenvalue weighted by molar-refractivity contribution is -0.103. The molecule has 0 bridgehead atoms. The van der Waals surface area contributed by atoms with Crippen LogP contribution in [-0.2, 0) is 5.66 Å². The van der Waals surface area contributed by atoms with Crippen molar-refractivity contribution < 1.29 is 17.9 Å². The fraction of sp³-hybridized carbons (Fsp3) is 0.333. The van der Waals surface area contributed by atoms with E-state index in [1.807, 2.05) is 13.8 Å². The van der Waals surface area contributed by atoms with E-state index in [0.29, 0.717) is 17.1 Å². The SMILES string of the molecule is CNC1=CNC(N)(c2nc(-c3ccc(OC(C)C)cn3)cs2)C(C(F)(F)F)=C1. The normalized spacial score (nSPS) is 19.7. The van der Waals surface area contributed by atoms with Crippen molar-refractivity contribution in [3.8, 4) is 17.1 Å². The average molecular weight is 411 g/mol. The van der Waals surface area contributed by atoms with Crippen LogP contribution in [0.5, 0.6) is 5.75 Å². The summed E-state index contributed by atoms with van der Waals surface area (Å²) >= 11 is 1.03. The number of rotatable bonds is 5. The number of ether oxygens (including phenoxy) is 1. The minimum atomic E-state index is -4.63. The molecule has 1 aliphatic heterocycles. The summed E-state index contributed by atoms with van der Waals surface area (Å²) < 4.78 is 46.4. The van der Waals surface area contributed by atoms with Crippen LogP contribution >= 0.6 is 11.3 Å². The van der Waals surface area contributed by atoms with Gasteiger partial charge in [-0.15, -0.1) is 11.3 Å². The van der Waals surface area contributed by atoms with E-state index in [-0.39, 0.29) is 16.8 Å². The molecule has 0 fully saturated rings. The lowest BCUT2D eigenvalue weighted by Crippen LogP contribution is -2.55. The lowest BCUT2D eigenvalue weighted by Gasteiger charge is -2.34. The molecule has 10 heteroatoms. The largest absolute Gasteiger partial charge is 0.489 e. The summed E-state index contributed by atoms with van der Waals surface area (Å²) in [5, 5.41) is 7.02. The zero-order valence-electron chi connectivity index (χ0n) is 15.5. The number of hydrogen-bond acceptors (Lipinski definition) is 7. The van der Waals surface area contributed by atoms with E-state index in [1.165, 1.54) is 13.2 Å². The van der Waals surface area contributed by atoms with E-state index in [2.05, 4.69) is 20.6 Å². The Balaban J connectivity index is 1.92. The van der Waals surface area contributed by atoms with Crippen molar-refractivity contribution >= 4 is 11.3 Å². The van der Waals surface area contributed by atoms with Gasteiger partial charge in [-0.25, -0.2) is 4.98 Å². The number of halogens is 3. The first-order valence-corrected chi connectivity index (χ1v) is 9.34. The predicted molar refractivity (Wildman–Crippen MR) is 101 cm³/mol. The number of likely N-dealkylation sites (N-methyl/N-ethyl adjacent to an activating group) is 1. The fourth-order valence-corrected chi connectivity index (χ4v) is 3.56.